The molecule has 0 atom stereocenters. The number of ether oxygens (including phenoxy) is 1. The molecule has 12 heteroatoms. The van der Waals surface area contributed by atoms with Crippen molar-refractivity contribution < 1.29 is 36.3 Å². The molecule has 178 valence electrons. The zero-order valence-electron chi connectivity index (χ0n) is 17.3. The minimum absolute atomic E-state index is 0.0102. The van der Waals surface area contributed by atoms with E-state index in [0.717, 1.165) is 24.4 Å². The molecule has 1 aromatic heterocycles. The Bertz CT molecular complexity index is 1300. The van der Waals surface area contributed by atoms with Crippen molar-refractivity contribution >= 4 is 33.5 Å². The molecular weight excluding hydrogens is 481 g/mol. The van der Waals surface area contributed by atoms with Crippen LogP contribution >= 0.6 is 11.5 Å². The third-order valence-electron chi connectivity index (χ3n) is 5.95. The number of carbonyl (C=O) groups excluding carboxylic acids is 2. The van der Waals surface area contributed by atoms with E-state index in [1.165, 1.54) is 18.3 Å². The molecule has 1 spiro atoms. The zero-order valence-corrected chi connectivity index (χ0v) is 18.2. The van der Waals surface area contributed by atoms with Crippen molar-refractivity contribution in [2.45, 2.75) is 24.6 Å². The van der Waals surface area contributed by atoms with E-state index in [0.29, 0.717) is 41.9 Å². The summed E-state index contributed by atoms with van der Waals surface area (Å²) in [7, 11) is 0. The van der Waals surface area contributed by atoms with Gasteiger partial charge in [-0.2, -0.15) is 17.5 Å². The number of nitrogens with zero attached hydrogens (tertiary/aromatic N) is 2. The average molecular weight is 497 g/mol. The normalized spacial score (nSPS) is 17.3. The molecule has 1 saturated carbocycles. The van der Waals surface area contributed by atoms with Gasteiger partial charge >= 0.3 is 12.1 Å². The fourth-order valence-corrected chi connectivity index (χ4v) is 4.86. The van der Waals surface area contributed by atoms with E-state index in [-0.39, 0.29) is 22.6 Å². The van der Waals surface area contributed by atoms with Gasteiger partial charge in [0.05, 0.1) is 15.8 Å². The van der Waals surface area contributed by atoms with Gasteiger partial charge in [-0.05, 0) is 42.1 Å². The highest BCUT2D eigenvalue weighted by molar-refractivity contribution is 7.13. The molecule has 1 aliphatic carbocycles. The first kappa shape index (κ1) is 22.7. The van der Waals surface area contributed by atoms with Crippen LogP contribution in [0.25, 0.3) is 21.2 Å². The topological polar surface area (TPSA) is 71.5 Å². The predicted octanol–water partition coefficient (Wildman–Crippen LogP) is 4.29. The summed E-state index contributed by atoms with van der Waals surface area (Å²) in [6.07, 6.45) is -1.92. The highest BCUT2D eigenvalue weighted by Gasteiger charge is 2.46. The maximum Gasteiger partial charge on any atom is 0.491 e. The van der Waals surface area contributed by atoms with Gasteiger partial charge in [-0.1, -0.05) is 0 Å². The number of alkyl halides is 3. The third-order valence-corrected chi connectivity index (χ3v) is 6.80. The lowest BCUT2D eigenvalue weighted by atomic mass is 9.99. The first-order chi connectivity index (χ1) is 16.1. The van der Waals surface area contributed by atoms with Gasteiger partial charge in [-0.25, -0.2) is 13.6 Å². The van der Waals surface area contributed by atoms with E-state index < -0.39 is 35.1 Å². The Labute approximate surface area is 193 Å². The molecule has 5 rings (SSSR count). The van der Waals surface area contributed by atoms with Gasteiger partial charge in [-0.3, -0.25) is 4.79 Å². The first-order valence-corrected chi connectivity index (χ1v) is 11.0. The highest BCUT2D eigenvalue weighted by atomic mass is 32.1. The highest BCUT2D eigenvalue weighted by Crippen LogP contribution is 2.39. The molecule has 6 nitrogen and oxygen atoms in total. The molecule has 0 bridgehead atoms. The number of fused-ring (bicyclic) bond motifs is 1. The number of halogens is 5. The minimum atomic E-state index is -5.32. The molecule has 2 fully saturated rings. The van der Waals surface area contributed by atoms with E-state index in [1.54, 1.807) is 4.90 Å². The van der Waals surface area contributed by atoms with Crippen LogP contribution in [0.1, 0.15) is 23.2 Å². The third kappa shape index (κ3) is 4.11. The SMILES string of the molecule is O=C(c1cc(-c2c(F)cc(OC(=O)C(F)(F)F)cc2F)cc2cnsc12)N1CCNC2(CC2)C1. The Balaban J connectivity index is 1.52. The van der Waals surface area contributed by atoms with E-state index in [2.05, 4.69) is 14.4 Å². The van der Waals surface area contributed by atoms with Crippen molar-refractivity contribution in [1.82, 2.24) is 14.6 Å². The van der Waals surface area contributed by atoms with Crippen LogP contribution < -0.4 is 10.1 Å². The van der Waals surface area contributed by atoms with Gasteiger partial charge in [0.2, 0.25) is 0 Å². The Hall–Kier alpha value is -3.12. The van der Waals surface area contributed by atoms with Crippen LogP contribution in [0, 0.1) is 11.6 Å². The molecule has 1 N–H and O–H groups in total. The molecule has 3 aromatic rings. The van der Waals surface area contributed by atoms with Crippen molar-refractivity contribution in [3.63, 3.8) is 0 Å². The van der Waals surface area contributed by atoms with Crippen LogP contribution in [0.15, 0.2) is 30.5 Å². The second kappa shape index (κ2) is 7.98. The molecule has 2 aromatic carbocycles. The Morgan fingerprint density at radius 3 is 2.47 bits per heavy atom. The van der Waals surface area contributed by atoms with Crippen molar-refractivity contribution in [1.29, 1.82) is 0 Å². The second-order valence-electron chi connectivity index (χ2n) is 8.35. The summed E-state index contributed by atoms with van der Waals surface area (Å²) in [5.41, 5.74) is -0.386. The number of nitrogens with one attached hydrogen (secondary N) is 1. The van der Waals surface area contributed by atoms with Gasteiger partial charge in [0.15, 0.2) is 0 Å². The molecule has 1 saturated heterocycles. The number of hydrogen-bond acceptors (Lipinski definition) is 6. The van der Waals surface area contributed by atoms with Crippen LogP contribution in [0.4, 0.5) is 22.0 Å². The van der Waals surface area contributed by atoms with Crippen LogP contribution in [-0.4, -0.2) is 52.5 Å². The number of rotatable bonds is 3. The molecule has 2 heterocycles. The fourth-order valence-electron chi connectivity index (χ4n) is 4.12. The predicted molar refractivity (Wildman–Crippen MR) is 113 cm³/mol. The molecule has 0 radical (unpaired) electrons. The smallest absolute Gasteiger partial charge is 0.420 e. The number of esters is 1. The molecule has 34 heavy (non-hydrogen) atoms. The van der Waals surface area contributed by atoms with Crippen LogP contribution in [-0.2, 0) is 4.79 Å². The number of aromatic nitrogens is 1. The molecule has 2 aliphatic rings. The van der Waals surface area contributed by atoms with Gasteiger partial charge < -0.3 is 15.0 Å². The fraction of sp³-hybridized carbons (Fsp3) is 0.318. The maximum atomic E-state index is 14.8. The van der Waals surface area contributed by atoms with Gasteiger partial charge in [0, 0.05) is 48.9 Å². The standard InChI is InChI=1S/C22H16F5N3O3S/c23-15-7-13(33-20(32)22(25,26)27)8-16(24)17(15)11-5-12-9-29-34-18(12)14(6-11)19(31)30-4-3-28-21(10-30)1-2-21/h5-9,28H,1-4,10H2. The maximum absolute atomic E-state index is 14.8. The largest absolute Gasteiger partial charge is 0.491 e. The quantitative estimate of drug-likeness (QED) is 0.332. The van der Waals surface area contributed by atoms with Gasteiger partial charge in [-0.15, -0.1) is 0 Å². The summed E-state index contributed by atoms with van der Waals surface area (Å²) in [4.78, 5) is 26.1. The number of benzene rings is 2. The van der Waals surface area contributed by atoms with Crippen LogP contribution in [0.2, 0.25) is 0 Å². The molecule has 0 unspecified atom stereocenters. The average Bonchev–Trinajstić information content (AvgIpc) is 3.32. The minimum Gasteiger partial charge on any atom is -0.420 e. The Morgan fingerprint density at radius 2 is 1.82 bits per heavy atom. The molecular formula is C22H16F5N3O3S. The summed E-state index contributed by atoms with van der Waals surface area (Å²) in [5.74, 6) is -6.30. The van der Waals surface area contributed by atoms with Gasteiger partial charge in [0.1, 0.15) is 17.4 Å². The van der Waals surface area contributed by atoms with Crippen LogP contribution in [0.3, 0.4) is 0 Å². The van der Waals surface area contributed by atoms with Crippen molar-refractivity contribution in [3.8, 4) is 16.9 Å². The van der Waals surface area contributed by atoms with Crippen molar-refractivity contribution in [2.24, 2.45) is 0 Å². The number of amides is 1. The lowest BCUT2D eigenvalue weighted by Gasteiger charge is -2.34. The summed E-state index contributed by atoms with van der Waals surface area (Å²) in [5, 5.41) is 3.90. The number of piperazine rings is 1. The lowest BCUT2D eigenvalue weighted by molar-refractivity contribution is -0.189. The van der Waals surface area contributed by atoms with Crippen molar-refractivity contribution in [3.05, 3.63) is 47.7 Å². The summed E-state index contributed by atoms with van der Waals surface area (Å²) >= 11 is 1.08. The van der Waals surface area contributed by atoms with E-state index in [1.807, 2.05) is 0 Å². The molecule has 1 aliphatic heterocycles. The summed E-state index contributed by atoms with van der Waals surface area (Å²) < 4.78 is 75.6. The van der Waals surface area contributed by atoms with E-state index >= 15 is 0 Å². The van der Waals surface area contributed by atoms with E-state index in [4.69, 9.17) is 0 Å². The first-order valence-electron chi connectivity index (χ1n) is 10.3. The number of hydrogen-bond donors (Lipinski definition) is 1. The zero-order chi connectivity index (χ0) is 24.3. The molecule has 1 amide bonds. The van der Waals surface area contributed by atoms with Gasteiger partial charge in [0.25, 0.3) is 5.91 Å². The van der Waals surface area contributed by atoms with Crippen molar-refractivity contribution in [2.75, 3.05) is 19.6 Å². The van der Waals surface area contributed by atoms with E-state index in [9.17, 15) is 31.5 Å². The summed E-state index contributed by atoms with van der Waals surface area (Å²) in [6.45, 7) is 1.64. The lowest BCUT2D eigenvalue weighted by Crippen LogP contribution is -2.54. The second-order valence-corrected chi connectivity index (χ2v) is 9.15. The summed E-state index contributed by atoms with van der Waals surface area (Å²) in [6, 6.07) is 3.78. The Morgan fingerprint density at radius 1 is 1.12 bits per heavy atom. The van der Waals surface area contributed by atoms with Crippen LogP contribution in [0.5, 0.6) is 5.75 Å². The Kier molecular flexibility index (Phi) is 5.32. The monoisotopic (exact) mass is 497 g/mol. The number of carbonyl (C=O) groups is 2.